The molecule has 26 heavy (non-hydrogen) atoms. The molecule has 0 aromatic heterocycles. The van der Waals surface area contributed by atoms with Gasteiger partial charge in [0.05, 0.1) is 0 Å². The largest absolute Gasteiger partial charge is 0.309 e. The van der Waals surface area contributed by atoms with Crippen molar-refractivity contribution in [3.05, 3.63) is 87.3 Å². The molecule has 3 rings (SSSR count). The van der Waals surface area contributed by atoms with Crippen molar-refractivity contribution >= 4 is 56.1 Å². The van der Waals surface area contributed by atoms with Gasteiger partial charge >= 0.3 is 0 Å². The van der Waals surface area contributed by atoms with Crippen molar-refractivity contribution in [1.82, 2.24) is 0 Å². The minimum Gasteiger partial charge on any atom is -0.309 e. The molecule has 1 N–H and O–H groups in total. The van der Waals surface area contributed by atoms with Gasteiger partial charge in [0.2, 0.25) is 0 Å². The van der Waals surface area contributed by atoms with Gasteiger partial charge in [-0.05, 0) is 59.5 Å². The van der Waals surface area contributed by atoms with E-state index >= 15 is 0 Å². The maximum atomic E-state index is 7.33. The van der Waals surface area contributed by atoms with Crippen LogP contribution in [-0.2, 0) is 0 Å². The smallest absolute Gasteiger partial charge is 0.0491 e. The Morgan fingerprint density at radius 1 is 1.27 bits per heavy atom. The van der Waals surface area contributed by atoms with E-state index in [9.17, 15) is 0 Å². The Balaban J connectivity index is 2.43. The number of aryl methyl sites for hydroxylation is 1. The van der Waals surface area contributed by atoms with E-state index in [1.54, 1.807) is 6.08 Å². The number of allylic oxidation sites excluding steroid dienone is 4. The molecule has 2 aromatic rings. The fourth-order valence-corrected chi connectivity index (χ4v) is 3.78. The van der Waals surface area contributed by atoms with Crippen LogP contribution in [0.4, 0.5) is 0 Å². The standard InChI is InChI=1S/C23H17BrClN/c1-3-16-11-10-15(2)23(18(16)8-6-12-26)20-13-17-7-4-5-9-21(24)19(17)14-22(20)25/h3-6,8-14,26H,1H2,2H3/b8-6+,26-12?. The molecule has 0 bridgehead atoms. The van der Waals surface area contributed by atoms with E-state index in [0.717, 1.165) is 42.7 Å². The molecule has 0 fully saturated rings. The molecule has 0 saturated heterocycles. The summed E-state index contributed by atoms with van der Waals surface area (Å²) in [4.78, 5) is 0. The summed E-state index contributed by atoms with van der Waals surface area (Å²) in [5.41, 5.74) is 8.42. The topological polar surface area (TPSA) is 23.9 Å². The first kappa shape index (κ1) is 18.4. The third kappa shape index (κ3) is 3.45. The minimum atomic E-state index is 0.673. The Morgan fingerprint density at radius 2 is 2.08 bits per heavy atom. The van der Waals surface area contributed by atoms with Crippen molar-refractivity contribution in [1.29, 1.82) is 5.41 Å². The molecule has 2 aromatic carbocycles. The first-order valence-corrected chi connectivity index (χ1v) is 9.30. The van der Waals surface area contributed by atoms with Gasteiger partial charge in [-0.3, -0.25) is 0 Å². The van der Waals surface area contributed by atoms with Gasteiger partial charge in [-0.15, -0.1) is 5.73 Å². The molecule has 1 aliphatic rings. The third-order valence-electron chi connectivity index (χ3n) is 4.28. The first-order chi connectivity index (χ1) is 12.6. The SMILES string of the molecule is C=Cc1ccc(C)c(-c2cc3c(cc2Cl)=C(Br)C=CC=C=3)c1/C=C/C=N. The molecule has 0 aliphatic heterocycles. The minimum absolute atomic E-state index is 0.673. The van der Waals surface area contributed by atoms with Gasteiger partial charge in [-0.25, -0.2) is 0 Å². The predicted octanol–water partition coefficient (Wildman–Crippen LogP) is 5.63. The van der Waals surface area contributed by atoms with E-state index in [1.807, 2.05) is 42.5 Å². The summed E-state index contributed by atoms with van der Waals surface area (Å²) in [5, 5.41) is 9.99. The Labute approximate surface area is 166 Å². The summed E-state index contributed by atoms with van der Waals surface area (Å²) < 4.78 is 0.975. The Hall–Kier alpha value is -2.38. The van der Waals surface area contributed by atoms with Crippen LogP contribution in [0.5, 0.6) is 0 Å². The van der Waals surface area contributed by atoms with Crippen LogP contribution in [0.25, 0.3) is 33.5 Å². The molecule has 0 atom stereocenters. The van der Waals surface area contributed by atoms with Crippen molar-refractivity contribution in [2.45, 2.75) is 6.92 Å². The lowest BCUT2D eigenvalue weighted by molar-refractivity contribution is 1.42. The third-order valence-corrected chi connectivity index (χ3v) is 5.28. The van der Waals surface area contributed by atoms with Gasteiger partial charge in [0.1, 0.15) is 0 Å². The Morgan fingerprint density at radius 3 is 2.81 bits per heavy atom. The van der Waals surface area contributed by atoms with Crippen LogP contribution in [-0.4, -0.2) is 6.21 Å². The summed E-state index contributed by atoms with van der Waals surface area (Å²) in [6.07, 6.45) is 12.6. The number of hydrogen-bond acceptors (Lipinski definition) is 1. The number of hydrogen-bond donors (Lipinski definition) is 1. The van der Waals surface area contributed by atoms with E-state index in [2.05, 4.69) is 47.3 Å². The Bertz CT molecular complexity index is 1130. The number of halogens is 2. The number of nitrogens with one attached hydrogen (secondary N) is 1. The summed E-state index contributed by atoms with van der Waals surface area (Å²) >= 11 is 10.3. The summed E-state index contributed by atoms with van der Waals surface area (Å²) in [7, 11) is 0. The van der Waals surface area contributed by atoms with Crippen LogP contribution in [0.2, 0.25) is 5.02 Å². The highest BCUT2D eigenvalue weighted by Gasteiger charge is 2.14. The van der Waals surface area contributed by atoms with Crippen LogP contribution in [0.1, 0.15) is 16.7 Å². The zero-order valence-corrected chi connectivity index (χ0v) is 16.7. The lowest BCUT2D eigenvalue weighted by Gasteiger charge is -2.15. The molecule has 0 heterocycles. The highest BCUT2D eigenvalue weighted by Crippen LogP contribution is 2.35. The Kier molecular flexibility index (Phi) is 5.58. The molecule has 0 amide bonds. The molecule has 0 spiro atoms. The van der Waals surface area contributed by atoms with Crippen molar-refractivity contribution in [3.63, 3.8) is 0 Å². The highest BCUT2D eigenvalue weighted by atomic mass is 79.9. The summed E-state index contributed by atoms with van der Waals surface area (Å²) in [6, 6.07) is 8.14. The number of fused-ring (bicyclic) bond motifs is 1. The maximum absolute atomic E-state index is 7.33. The zero-order chi connectivity index (χ0) is 18.7. The van der Waals surface area contributed by atoms with Gasteiger partial charge in [0.25, 0.3) is 0 Å². The fourth-order valence-electron chi connectivity index (χ4n) is 3.05. The molecule has 1 aliphatic carbocycles. The maximum Gasteiger partial charge on any atom is 0.0491 e. The first-order valence-electron chi connectivity index (χ1n) is 8.13. The molecular weight excluding hydrogens is 406 g/mol. The molecule has 128 valence electrons. The molecule has 0 unspecified atom stereocenters. The molecule has 0 saturated carbocycles. The van der Waals surface area contributed by atoms with E-state index in [4.69, 9.17) is 17.0 Å². The normalized spacial score (nSPS) is 12.7. The van der Waals surface area contributed by atoms with E-state index in [1.165, 1.54) is 6.21 Å². The molecular formula is C23H17BrClN. The van der Waals surface area contributed by atoms with Crippen molar-refractivity contribution in [3.8, 4) is 11.1 Å². The van der Waals surface area contributed by atoms with Crippen molar-refractivity contribution in [2.24, 2.45) is 0 Å². The summed E-state index contributed by atoms with van der Waals surface area (Å²) in [6.45, 7) is 5.98. The lowest BCUT2D eigenvalue weighted by atomic mass is 9.90. The van der Waals surface area contributed by atoms with Crippen LogP contribution < -0.4 is 10.4 Å². The van der Waals surface area contributed by atoms with E-state index < -0.39 is 0 Å². The zero-order valence-electron chi connectivity index (χ0n) is 14.3. The van der Waals surface area contributed by atoms with Crippen molar-refractivity contribution < 1.29 is 0 Å². The van der Waals surface area contributed by atoms with Crippen LogP contribution in [0.15, 0.2) is 55.1 Å². The average Bonchev–Trinajstić information content (AvgIpc) is 2.81. The monoisotopic (exact) mass is 421 g/mol. The average molecular weight is 423 g/mol. The second-order valence-electron chi connectivity index (χ2n) is 5.89. The van der Waals surface area contributed by atoms with Crippen LogP contribution in [0, 0.1) is 12.3 Å². The van der Waals surface area contributed by atoms with E-state index in [-0.39, 0.29) is 0 Å². The summed E-state index contributed by atoms with van der Waals surface area (Å²) in [5.74, 6) is 0. The van der Waals surface area contributed by atoms with Gasteiger partial charge < -0.3 is 5.41 Å². The van der Waals surface area contributed by atoms with Gasteiger partial charge in [-0.1, -0.05) is 64.5 Å². The quantitative estimate of drug-likeness (QED) is 0.618. The predicted molar refractivity (Wildman–Crippen MR) is 118 cm³/mol. The molecule has 1 nitrogen and oxygen atoms in total. The number of rotatable bonds is 4. The van der Waals surface area contributed by atoms with Gasteiger partial charge in [-0.2, -0.15) is 0 Å². The van der Waals surface area contributed by atoms with Gasteiger partial charge in [0, 0.05) is 31.7 Å². The number of benzene rings is 2. The second kappa shape index (κ2) is 7.88. The molecule has 0 radical (unpaired) electrons. The van der Waals surface area contributed by atoms with Crippen LogP contribution in [0.3, 0.4) is 0 Å². The second-order valence-corrected chi connectivity index (χ2v) is 7.15. The fraction of sp³-hybridized carbons (Fsp3) is 0.0435. The highest BCUT2D eigenvalue weighted by molar-refractivity contribution is 9.15. The van der Waals surface area contributed by atoms with Crippen LogP contribution >= 0.6 is 27.5 Å². The van der Waals surface area contributed by atoms with E-state index in [0.29, 0.717) is 5.02 Å². The van der Waals surface area contributed by atoms with Gasteiger partial charge in [0.15, 0.2) is 0 Å². The molecule has 3 heteroatoms. The van der Waals surface area contributed by atoms with Crippen molar-refractivity contribution in [2.75, 3.05) is 0 Å². The lowest BCUT2D eigenvalue weighted by Crippen LogP contribution is -2.24.